The number of rotatable bonds is 8. The molecule has 0 aliphatic carbocycles. The van der Waals surface area contributed by atoms with E-state index in [-0.39, 0.29) is 30.2 Å². The van der Waals surface area contributed by atoms with Crippen LogP contribution in [0.3, 0.4) is 0 Å². The number of carbonyl (C=O) groups excluding carboxylic acids is 2. The average molecular weight is 390 g/mol. The predicted octanol–water partition coefficient (Wildman–Crippen LogP) is 2.05. The molecule has 1 aromatic rings. The number of likely N-dealkylation sites (tertiary alicyclic amines) is 1. The molecule has 1 atom stereocenters. The molecule has 2 amide bonds. The number of nitrogens with zero attached hydrogens (tertiary/aromatic N) is 2. The van der Waals surface area contributed by atoms with Gasteiger partial charge in [-0.15, -0.1) is 0 Å². The first-order valence-corrected chi connectivity index (χ1v) is 9.68. The van der Waals surface area contributed by atoms with Crippen molar-refractivity contribution in [2.75, 3.05) is 33.8 Å². The highest BCUT2D eigenvalue weighted by Gasteiger charge is 2.28. The molecule has 1 unspecified atom stereocenters. The normalized spacial score (nSPS) is 15.8. The number of carboxylic acids is 1. The number of hydrogen-bond acceptors (Lipinski definition) is 4. The molecule has 0 spiro atoms. The highest BCUT2D eigenvalue weighted by atomic mass is 16.5. The van der Waals surface area contributed by atoms with E-state index >= 15 is 0 Å². The Kier molecular flexibility index (Phi) is 7.84. The number of piperidine rings is 1. The summed E-state index contributed by atoms with van der Waals surface area (Å²) in [4.78, 5) is 39.0. The number of aliphatic carboxylic acids is 1. The third-order valence-corrected chi connectivity index (χ3v) is 5.28. The second kappa shape index (κ2) is 10.1. The van der Waals surface area contributed by atoms with E-state index in [1.54, 1.807) is 19.1 Å². The van der Waals surface area contributed by atoms with Crippen molar-refractivity contribution >= 4 is 17.8 Å². The molecule has 154 valence electrons. The van der Waals surface area contributed by atoms with Crippen LogP contribution in [0.25, 0.3) is 0 Å². The van der Waals surface area contributed by atoms with E-state index < -0.39 is 5.97 Å². The number of para-hydroxylation sites is 1. The van der Waals surface area contributed by atoms with E-state index in [9.17, 15) is 14.4 Å². The lowest BCUT2D eigenvalue weighted by Crippen LogP contribution is -2.45. The van der Waals surface area contributed by atoms with Gasteiger partial charge in [0.15, 0.2) is 0 Å². The lowest BCUT2D eigenvalue weighted by atomic mass is 9.96. The summed E-state index contributed by atoms with van der Waals surface area (Å²) in [6, 6.07) is 7.76. The molecule has 7 nitrogen and oxygen atoms in total. The zero-order valence-corrected chi connectivity index (χ0v) is 16.9. The summed E-state index contributed by atoms with van der Waals surface area (Å²) in [6.07, 6.45) is 2.01. The van der Waals surface area contributed by atoms with Crippen molar-refractivity contribution in [3.63, 3.8) is 0 Å². The highest BCUT2D eigenvalue weighted by molar-refractivity contribution is 5.85. The summed E-state index contributed by atoms with van der Waals surface area (Å²) in [5, 5.41) is 9.04. The van der Waals surface area contributed by atoms with Crippen molar-refractivity contribution in [2.24, 2.45) is 11.8 Å². The van der Waals surface area contributed by atoms with Gasteiger partial charge in [-0.05, 0) is 36.8 Å². The minimum atomic E-state index is -0.802. The van der Waals surface area contributed by atoms with Gasteiger partial charge in [0.05, 0.1) is 19.6 Å². The van der Waals surface area contributed by atoms with Crippen LogP contribution in [0.1, 0.15) is 31.7 Å². The van der Waals surface area contributed by atoms with E-state index in [0.717, 1.165) is 17.7 Å². The van der Waals surface area contributed by atoms with Gasteiger partial charge in [0.2, 0.25) is 11.8 Å². The van der Waals surface area contributed by atoms with Crippen LogP contribution in [0.5, 0.6) is 5.75 Å². The molecule has 1 heterocycles. The van der Waals surface area contributed by atoms with Gasteiger partial charge in [-0.1, -0.05) is 25.1 Å². The smallest absolute Gasteiger partial charge is 0.306 e. The quantitative estimate of drug-likeness (QED) is 0.734. The molecule has 1 aromatic carbocycles. The van der Waals surface area contributed by atoms with Crippen LogP contribution < -0.4 is 4.74 Å². The van der Waals surface area contributed by atoms with E-state index in [2.05, 4.69) is 0 Å². The Morgan fingerprint density at radius 1 is 1.25 bits per heavy atom. The van der Waals surface area contributed by atoms with Crippen molar-refractivity contribution < 1.29 is 24.2 Å². The monoisotopic (exact) mass is 390 g/mol. The average Bonchev–Trinajstić information content (AvgIpc) is 2.68. The lowest BCUT2D eigenvalue weighted by Gasteiger charge is -2.31. The highest BCUT2D eigenvalue weighted by Crippen LogP contribution is 2.22. The van der Waals surface area contributed by atoms with Gasteiger partial charge in [0.1, 0.15) is 5.75 Å². The standard InChI is InChI=1S/C21H30N2O5/c1-15(12-17-6-4-5-7-18(17)28-3)13-19(24)22(2)14-20(25)23-10-8-16(9-11-23)21(26)27/h4-7,15-16H,8-14H2,1-3H3,(H,26,27). The van der Waals surface area contributed by atoms with Gasteiger partial charge in [-0.3, -0.25) is 14.4 Å². The third kappa shape index (κ3) is 5.97. The van der Waals surface area contributed by atoms with Gasteiger partial charge < -0.3 is 19.6 Å². The molecule has 7 heteroatoms. The minimum Gasteiger partial charge on any atom is -0.496 e. The van der Waals surface area contributed by atoms with E-state index in [1.165, 1.54) is 4.90 Å². The lowest BCUT2D eigenvalue weighted by molar-refractivity contribution is -0.146. The van der Waals surface area contributed by atoms with Crippen molar-refractivity contribution in [2.45, 2.75) is 32.6 Å². The topological polar surface area (TPSA) is 87.2 Å². The molecule has 28 heavy (non-hydrogen) atoms. The number of likely N-dealkylation sites (N-methyl/N-ethyl adjacent to an activating group) is 1. The Morgan fingerprint density at radius 3 is 2.50 bits per heavy atom. The first-order chi connectivity index (χ1) is 13.3. The van der Waals surface area contributed by atoms with Gasteiger partial charge in [-0.2, -0.15) is 0 Å². The van der Waals surface area contributed by atoms with Crippen molar-refractivity contribution in [3.8, 4) is 5.75 Å². The predicted molar refractivity (Wildman–Crippen MR) is 105 cm³/mol. The molecule has 1 aliphatic heterocycles. The summed E-state index contributed by atoms with van der Waals surface area (Å²) in [6.45, 7) is 2.90. The van der Waals surface area contributed by atoms with Crippen LogP contribution in [0.4, 0.5) is 0 Å². The van der Waals surface area contributed by atoms with Crippen LogP contribution in [0, 0.1) is 11.8 Å². The van der Waals surface area contributed by atoms with Gasteiger partial charge in [0.25, 0.3) is 0 Å². The Morgan fingerprint density at radius 2 is 1.89 bits per heavy atom. The Balaban J connectivity index is 1.80. The molecule has 2 rings (SSSR count). The maximum absolute atomic E-state index is 12.5. The third-order valence-electron chi connectivity index (χ3n) is 5.28. The van der Waals surface area contributed by atoms with Gasteiger partial charge in [0, 0.05) is 26.6 Å². The fourth-order valence-electron chi connectivity index (χ4n) is 3.54. The zero-order chi connectivity index (χ0) is 20.7. The van der Waals surface area contributed by atoms with Crippen molar-refractivity contribution in [1.82, 2.24) is 9.80 Å². The largest absolute Gasteiger partial charge is 0.496 e. The first-order valence-electron chi connectivity index (χ1n) is 9.68. The first kappa shape index (κ1) is 21.7. The maximum Gasteiger partial charge on any atom is 0.306 e. The number of hydrogen-bond donors (Lipinski definition) is 1. The molecule has 0 radical (unpaired) electrons. The van der Waals surface area contributed by atoms with Crippen molar-refractivity contribution in [3.05, 3.63) is 29.8 Å². The van der Waals surface area contributed by atoms with Crippen LogP contribution in [0.2, 0.25) is 0 Å². The van der Waals surface area contributed by atoms with Crippen molar-refractivity contribution in [1.29, 1.82) is 0 Å². The SMILES string of the molecule is COc1ccccc1CC(C)CC(=O)N(C)CC(=O)N1CCC(C(=O)O)CC1. The molecular weight excluding hydrogens is 360 g/mol. The molecule has 1 aliphatic rings. The maximum atomic E-state index is 12.5. The molecule has 1 saturated heterocycles. The number of carboxylic acid groups (broad SMARTS) is 1. The van der Waals surface area contributed by atoms with Crippen LogP contribution in [0.15, 0.2) is 24.3 Å². The Labute approximate surface area is 166 Å². The summed E-state index contributed by atoms with van der Waals surface area (Å²) >= 11 is 0. The minimum absolute atomic E-state index is 0.0257. The Hall–Kier alpha value is -2.57. The molecule has 0 saturated carbocycles. The summed E-state index contributed by atoms with van der Waals surface area (Å²) in [5.41, 5.74) is 1.06. The van der Waals surface area contributed by atoms with E-state index in [0.29, 0.717) is 32.4 Å². The van der Waals surface area contributed by atoms with E-state index in [4.69, 9.17) is 9.84 Å². The van der Waals surface area contributed by atoms with Crippen LogP contribution in [-0.2, 0) is 20.8 Å². The zero-order valence-electron chi connectivity index (χ0n) is 16.9. The fraction of sp³-hybridized carbons (Fsp3) is 0.571. The van der Waals surface area contributed by atoms with Crippen LogP contribution in [-0.4, -0.2) is 66.5 Å². The molecule has 0 bridgehead atoms. The van der Waals surface area contributed by atoms with E-state index in [1.807, 2.05) is 31.2 Å². The van der Waals surface area contributed by atoms with Crippen LogP contribution >= 0.6 is 0 Å². The molecule has 1 fully saturated rings. The summed E-state index contributed by atoms with van der Waals surface area (Å²) in [5.74, 6) is -0.446. The number of amides is 2. The molecule has 1 N–H and O–H groups in total. The molecule has 0 aromatic heterocycles. The summed E-state index contributed by atoms with van der Waals surface area (Å²) in [7, 11) is 3.27. The second-order valence-electron chi connectivity index (χ2n) is 7.57. The number of benzene rings is 1. The van der Waals surface area contributed by atoms with Gasteiger partial charge >= 0.3 is 5.97 Å². The second-order valence-corrected chi connectivity index (χ2v) is 7.57. The Bertz CT molecular complexity index is 698. The van der Waals surface area contributed by atoms with Gasteiger partial charge in [-0.25, -0.2) is 0 Å². The summed E-state index contributed by atoms with van der Waals surface area (Å²) < 4.78 is 5.36. The number of methoxy groups -OCH3 is 1. The molecular formula is C21H30N2O5. The number of carbonyl (C=O) groups is 3. The fourth-order valence-corrected chi connectivity index (χ4v) is 3.54. The number of ether oxygens (including phenoxy) is 1.